The van der Waals surface area contributed by atoms with Gasteiger partial charge in [-0.1, -0.05) is 11.6 Å². The predicted molar refractivity (Wildman–Crippen MR) is 96.0 cm³/mol. The predicted octanol–water partition coefficient (Wildman–Crippen LogP) is 1.83. The van der Waals surface area contributed by atoms with Crippen LogP contribution in [0.3, 0.4) is 0 Å². The Labute approximate surface area is 149 Å². The molecule has 2 aromatic heterocycles. The summed E-state index contributed by atoms with van der Waals surface area (Å²) in [6.45, 7) is 4.73. The Morgan fingerprint density at radius 1 is 1.24 bits per heavy atom. The zero-order valence-corrected chi connectivity index (χ0v) is 15.0. The van der Waals surface area contributed by atoms with Crippen LogP contribution >= 0.6 is 11.6 Å². The van der Waals surface area contributed by atoms with Crippen molar-refractivity contribution in [3.63, 3.8) is 0 Å². The lowest BCUT2D eigenvalue weighted by atomic mass is 10.2. The molecule has 0 aliphatic rings. The fraction of sp³-hybridized carbons (Fsp3) is 0.294. The summed E-state index contributed by atoms with van der Waals surface area (Å²) in [6, 6.07) is 6.90. The maximum absolute atomic E-state index is 12.6. The molecule has 7 nitrogen and oxygen atoms in total. The highest BCUT2D eigenvalue weighted by molar-refractivity contribution is 6.31. The van der Waals surface area contributed by atoms with Crippen LogP contribution in [0, 0.1) is 13.8 Å². The van der Waals surface area contributed by atoms with E-state index in [1.807, 2.05) is 19.9 Å². The number of aromatic nitrogens is 4. The van der Waals surface area contributed by atoms with E-state index in [1.54, 1.807) is 29.9 Å². The SMILES string of the molecule is Cc1cc(C)n(CCNC(=O)c2nn(C)c3ccc(Cl)cc3c2=O)n1. The van der Waals surface area contributed by atoms with E-state index in [1.165, 1.54) is 4.68 Å². The molecule has 1 amide bonds. The molecule has 0 saturated heterocycles. The summed E-state index contributed by atoms with van der Waals surface area (Å²) in [5.41, 5.74) is 1.98. The molecule has 1 N–H and O–H groups in total. The fourth-order valence-electron chi connectivity index (χ4n) is 2.76. The second kappa shape index (κ2) is 6.68. The van der Waals surface area contributed by atoms with Crippen LogP contribution in [-0.2, 0) is 13.6 Å². The number of hydrogen-bond donors (Lipinski definition) is 1. The molecule has 0 saturated carbocycles. The van der Waals surface area contributed by atoms with Crippen LogP contribution < -0.4 is 10.7 Å². The van der Waals surface area contributed by atoms with E-state index in [9.17, 15) is 9.59 Å². The van der Waals surface area contributed by atoms with Gasteiger partial charge in [0.25, 0.3) is 5.91 Å². The first-order valence-corrected chi connectivity index (χ1v) is 8.20. The average Bonchev–Trinajstić information content (AvgIpc) is 2.88. The summed E-state index contributed by atoms with van der Waals surface area (Å²) in [5, 5.41) is 12.0. The van der Waals surface area contributed by atoms with Crippen molar-refractivity contribution < 1.29 is 4.79 Å². The van der Waals surface area contributed by atoms with Crippen LogP contribution in [-0.4, -0.2) is 32.0 Å². The molecule has 0 aliphatic carbocycles. The largest absolute Gasteiger partial charge is 0.349 e. The van der Waals surface area contributed by atoms with E-state index in [0.29, 0.717) is 29.0 Å². The fourth-order valence-corrected chi connectivity index (χ4v) is 2.93. The van der Waals surface area contributed by atoms with Crippen molar-refractivity contribution in [2.75, 3.05) is 6.54 Å². The lowest BCUT2D eigenvalue weighted by molar-refractivity contribution is 0.0944. The third-order valence-electron chi connectivity index (χ3n) is 3.94. The molecule has 1 aromatic carbocycles. The molecule has 0 atom stereocenters. The van der Waals surface area contributed by atoms with Gasteiger partial charge < -0.3 is 5.32 Å². The third-order valence-corrected chi connectivity index (χ3v) is 4.18. The molecule has 8 heteroatoms. The lowest BCUT2D eigenvalue weighted by Crippen LogP contribution is -2.33. The number of amides is 1. The van der Waals surface area contributed by atoms with Gasteiger partial charge in [-0.2, -0.15) is 10.2 Å². The molecule has 3 aromatic rings. The summed E-state index contributed by atoms with van der Waals surface area (Å²) in [6.07, 6.45) is 0. The van der Waals surface area contributed by atoms with Crippen molar-refractivity contribution in [2.45, 2.75) is 20.4 Å². The minimum Gasteiger partial charge on any atom is -0.349 e. The van der Waals surface area contributed by atoms with Crippen LogP contribution in [0.15, 0.2) is 29.1 Å². The Kier molecular flexibility index (Phi) is 4.59. The van der Waals surface area contributed by atoms with Gasteiger partial charge >= 0.3 is 0 Å². The Bertz CT molecular complexity index is 1020. The number of aryl methyl sites for hydroxylation is 3. The quantitative estimate of drug-likeness (QED) is 0.770. The first kappa shape index (κ1) is 17.2. The van der Waals surface area contributed by atoms with Gasteiger partial charge in [0.15, 0.2) is 5.69 Å². The van der Waals surface area contributed by atoms with Crippen molar-refractivity contribution >= 4 is 28.4 Å². The minimum absolute atomic E-state index is 0.148. The van der Waals surface area contributed by atoms with Crippen molar-refractivity contribution in [3.8, 4) is 0 Å². The van der Waals surface area contributed by atoms with Gasteiger partial charge in [-0.15, -0.1) is 0 Å². The summed E-state index contributed by atoms with van der Waals surface area (Å²) in [7, 11) is 1.68. The highest BCUT2D eigenvalue weighted by Crippen LogP contribution is 2.15. The molecule has 0 fully saturated rings. The van der Waals surface area contributed by atoms with Gasteiger partial charge in [-0.3, -0.25) is 19.0 Å². The molecule has 25 heavy (non-hydrogen) atoms. The number of rotatable bonds is 4. The standard InChI is InChI=1S/C17H18ClN5O2/c1-10-8-11(2)23(20-10)7-6-19-17(25)15-16(24)13-9-12(18)4-5-14(13)22(3)21-15/h4-5,8-9H,6-7H2,1-3H3,(H,19,25). The van der Waals surface area contributed by atoms with Crippen molar-refractivity contribution in [3.05, 3.63) is 56.6 Å². The second-order valence-electron chi connectivity index (χ2n) is 5.87. The van der Waals surface area contributed by atoms with Crippen LogP contribution in [0.2, 0.25) is 5.02 Å². The number of nitrogens with zero attached hydrogens (tertiary/aromatic N) is 4. The zero-order chi connectivity index (χ0) is 18.1. The highest BCUT2D eigenvalue weighted by Gasteiger charge is 2.16. The molecule has 130 valence electrons. The van der Waals surface area contributed by atoms with Crippen LogP contribution in [0.4, 0.5) is 0 Å². The maximum Gasteiger partial charge on any atom is 0.275 e. The molecule has 0 radical (unpaired) electrons. The Balaban J connectivity index is 1.81. The van der Waals surface area contributed by atoms with E-state index in [0.717, 1.165) is 11.4 Å². The molecule has 0 aliphatic heterocycles. The van der Waals surface area contributed by atoms with Gasteiger partial charge in [-0.25, -0.2) is 0 Å². The molecule has 0 unspecified atom stereocenters. The van der Waals surface area contributed by atoms with Gasteiger partial charge in [0.05, 0.1) is 23.1 Å². The molecule has 0 bridgehead atoms. The summed E-state index contributed by atoms with van der Waals surface area (Å²) in [5.74, 6) is -0.510. The number of nitrogens with one attached hydrogen (secondary N) is 1. The third kappa shape index (κ3) is 3.41. The zero-order valence-electron chi connectivity index (χ0n) is 14.2. The number of carbonyl (C=O) groups is 1. The number of benzene rings is 1. The van der Waals surface area contributed by atoms with Gasteiger partial charge in [0, 0.05) is 24.3 Å². The van der Waals surface area contributed by atoms with E-state index < -0.39 is 11.3 Å². The van der Waals surface area contributed by atoms with E-state index in [4.69, 9.17) is 11.6 Å². The molecular formula is C17H18ClN5O2. The number of carbonyl (C=O) groups excluding carboxylic acids is 1. The smallest absolute Gasteiger partial charge is 0.275 e. The van der Waals surface area contributed by atoms with E-state index >= 15 is 0 Å². The van der Waals surface area contributed by atoms with Crippen LogP contribution in [0.5, 0.6) is 0 Å². The highest BCUT2D eigenvalue weighted by atomic mass is 35.5. The molecule has 3 rings (SSSR count). The molecule has 0 spiro atoms. The first-order chi connectivity index (χ1) is 11.9. The van der Waals surface area contributed by atoms with Crippen molar-refractivity contribution in [1.82, 2.24) is 24.9 Å². The van der Waals surface area contributed by atoms with Crippen molar-refractivity contribution in [2.24, 2.45) is 7.05 Å². The van der Waals surface area contributed by atoms with Crippen LogP contribution in [0.1, 0.15) is 21.9 Å². The number of fused-ring (bicyclic) bond motifs is 1. The number of hydrogen-bond acceptors (Lipinski definition) is 4. The van der Waals surface area contributed by atoms with Crippen molar-refractivity contribution in [1.29, 1.82) is 0 Å². The van der Waals surface area contributed by atoms with Crippen LogP contribution in [0.25, 0.3) is 10.9 Å². The summed E-state index contributed by atoms with van der Waals surface area (Å²) in [4.78, 5) is 24.9. The Morgan fingerprint density at radius 3 is 2.68 bits per heavy atom. The van der Waals surface area contributed by atoms with Gasteiger partial charge in [0.2, 0.25) is 5.43 Å². The normalized spacial score (nSPS) is 11.0. The summed E-state index contributed by atoms with van der Waals surface area (Å²) >= 11 is 5.96. The molecule has 2 heterocycles. The average molecular weight is 360 g/mol. The van der Waals surface area contributed by atoms with E-state index in [2.05, 4.69) is 15.5 Å². The molecular weight excluding hydrogens is 342 g/mol. The summed E-state index contributed by atoms with van der Waals surface area (Å²) < 4.78 is 3.31. The van der Waals surface area contributed by atoms with E-state index in [-0.39, 0.29) is 5.69 Å². The maximum atomic E-state index is 12.6. The topological polar surface area (TPSA) is 81.8 Å². The Hall–Kier alpha value is -2.67. The minimum atomic E-state index is -0.510. The second-order valence-corrected chi connectivity index (χ2v) is 6.31. The van der Waals surface area contributed by atoms with Gasteiger partial charge in [0.1, 0.15) is 0 Å². The lowest BCUT2D eigenvalue weighted by Gasteiger charge is -2.09. The Morgan fingerprint density at radius 2 is 2.00 bits per heavy atom. The van der Waals surface area contributed by atoms with Gasteiger partial charge in [-0.05, 0) is 38.1 Å². The first-order valence-electron chi connectivity index (χ1n) is 7.82. The number of halogens is 1. The monoisotopic (exact) mass is 359 g/mol.